The number of esters is 1. The minimum Gasteiger partial charge on any atom is -0.481 e. The van der Waals surface area contributed by atoms with Gasteiger partial charge in [-0.2, -0.15) is 5.10 Å². The van der Waals surface area contributed by atoms with Crippen LogP contribution in [0.3, 0.4) is 0 Å². The number of nitrogens with zero attached hydrogens (tertiary/aromatic N) is 1. The number of carbonyl (C=O) groups excluding carboxylic acids is 3. The molecule has 0 saturated carbocycles. The van der Waals surface area contributed by atoms with Gasteiger partial charge in [0.1, 0.15) is 5.75 Å². The number of para-hydroxylation sites is 1. The van der Waals surface area contributed by atoms with Gasteiger partial charge in [-0.15, -0.1) is 0 Å². The van der Waals surface area contributed by atoms with Crippen LogP contribution in [0.1, 0.15) is 18.4 Å². The van der Waals surface area contributed by atoms with Crippen molar-refractivity contribution in [1.82, 2.24) is 5.43 Å². The first kappa shape index (κ1) is 22.1. The van der Waals surface area contributed by atoms with Gasteiger partial charge >= 0.3 is 5.97 Å². The second-order valence-electron chi connectivity index (χ2n) is 5.76. The predicted molar refractivity (Wildman–Crippen MR) is 112 cm³/mol. The van der Waals surface area contributed by atoms with Crippen LogP contribution in [0.4, 0.5) is 5.69 Å². The lowest BCUT2D eigenvalue weighted by Gasteiger charge is -2.07. The molecule has 29 heavy (non-hydrogen) atoms. The Bertz CT molecular complexity index is 887. The molecule has 0 bridgehead atoms. The van der Waals surface area contributed by atoms with E-state index in [0.717, 1.165) is 0 Å². The lowest BCUT2D eigenvalue weighted by atomic mass is 10.2. The van der Waals surface area contributed by atoms with Crippen molar-refractivity contribution in [2.24, 2.45) is 5.10 Å². The lowest BCUT2D eigenvalue weighted by Crippen LogP contribution is -2.20. The Labute approximate surface area is 176 Å². The number of hydrogen-bond donors (Lipinski definition) is 2. The second kappa shape index (κ2) is 11.6. The van der Waals surface area contributed by atoms with Crippen LogP contribution in [0, 0.1) is 0 Å². The summed E-state index contributed by atoms with van der Waals surface area (Å²) in [6, 6.07) is 14.1. The maximum Gasteiger partial charge on any atom is 0.343 e. The average Bonchev–Trinajstić information content (AvgIpc) is 2.72. The number of amides is 2. The van der Waals surface area contributed by atoms with Crippen LogP contribution < -0.4 is 15.5 Å². The summed E-state index contributed by atoms with van der Waals surface area (Å²) in [5.74, 6) is -0.632. The van der Waals surface area contributed by atoms with Crippen LogP contribution in [-0.2, 0) is 19.1 Å². The third-order valence-electron chi connectivity index (χ3n) is 3.57. The Morgan fingerprint density at radius 1 is 1.07 bits per heavy atom. The van der Waals surface area contributed by atoms with Crippen LogP contribution in [0.25, 0.3) is 0 Å². The van der Waals surface area contributed by atoms with E-state index in [0.29, 0.717) is 21.5 Å². The van der Waals surface area contributed by atoms with Crippen molar-refractivity contribution in [2.75, 3.05) is 19.0 Å². The van der Waals surface area contributed by atoms with Crippen molar-refractivity contribution in [2.45, 2.75) is 12.8 Å². The third-order valence-corrected chi connectivity index (χ3v) is 4.19. The van der Waals surface area contributed by atoms with Gasteiger partial charge in [-0.1, -0.05) is 18.2 Å². The molecule has 2 amide bonds. The molecular weight excluding hydrogens is 442 g/mol. The van der Waals surface area contributed by atoms with Crippen LogP contribution in [-0.4, -0.2) is 37.7 Å². The molecule has 0 aliphatic heterocycles. The summed E-state index contributed by atoms with van der Waals surface area (Å²) in [4.78, 5) is 34.7. The number of rotatable bonds is 9. The molecule has 0 unspecified atom stereocenters. The van der Waals surface area contributed by atoms with E-state index < -0.39 is 5.97 Å². The highest BCUT2D eigenvalue weighted by atomic mass is 79.9. The molecule has 2 N–H and O–H groups in total. The predicted octanol–water partition coefficient (Wildman–Crippen LogP) is 2.87. The number of hydrogen-bond acceptors (Lipinski definition) is 6. The number of anilines is 1. The molecule has 8 nitrogen and oxygen atoms in total. The largest absolute Gasteiger partial charge is 0.481 e. The van der Waals surface area contributed by atoms with Gasteiger partial charge in [0.25, 0.3) is 0 Å². The van der Waals surface area contributed by atoms with Gasteiger partial charge in [-0.25, -0.2) is 10.2 Å². The zero-order valence-electron chi connectivity index (χ0n) is 15.7. The number of nitrogens with one attached hydrogen (secondary N) is 2. The minimum atomic E-state index is -0.484. The van der Waals surface area contributed by atoms with E-state index in [1.165, 1.54) is 13.3 Å². The fourth-order valence-electron chi connectivity index (χ4n) is 2.12. The maximum absolute atomic E-state index is 11.8. The smallest absolute Gasteiger partial charge is 0.343 e. The summed E-state index contributed by atoms with van der Waals surface area (Å²) >= 11 is 3.34. The highest BCUT2D eigenvalue weighted by Gasteiger charge is 2.07. The molecule has 2 rings (SSSR count). The first-order valence-corrected chi connectivity index (χ1v) is 9.43. The van der Waals surface area contributed by atoms with Gasteiger partial charge in [0.05, 0.1) is 17.8 Å². The van der Waals surface area contributed by atoms with Crippen LogP contribution in [0.15, 0.2) is 58.1 Å². The summed E-state index contributed by atoms with van der Waals surface area (Å²) in [7, 11) is 1.28. The van der Waals surface area contributed by atoms with Gasteiger partial charge in [-0.05, 0) is 51.8 Å². The summed E-state index contributed by atoms with van der Waals surface area (Å²) in [5.41, 5.74) is 3.75. The van der Waals surface area contributed by atoms with Gasteiger partial charge < -0.3 is 14.8 Å². The normalized spacial score (nSPS) is 10.4. The Balaban J connectivity index is 1.75. The van der Waals surface area contributed by atoms with Crippen molar-refractivity contribution in [3.63, 3.8) is 0 Å². The van der Waals surface area contributed by atoms with E-state index in [4.69, 9.17) is 4.74 Å². The number of benzene rings is 2. The van der Waals surface area contributed by atoms with Gasteiger partial charge in [0, 0.05) is 18.5 Å². The molecule has 0 heterocycles. The van der Waals surface area contributed by atoms with Crippen molar-refractivity contribution in [3.8, 4) is 5.75 Å². The average molecular weight is 462 g/mol. The molecule has 0 saturated heterocycles. The number of methoxy groups -OCH3 is 1. The van der Waals surface area contributed by atoms with Gasteiger partial charge in [0.2, 0.25) is 11.8 Å². The minimum absolute atomic E-state index is 0.0139. The van der Waals surface area contributed by atoms with Crippen molar-refractivity contribution < 1.29 is 23.9 Å². The molecular formula is C20H20BrN3O5. The molecule has 0 fully saturated rings. The van der Waals surface area contributed by atoms with Crippen LogP contribution in [0.5, 0.6) is 5.75 Å². The fourth-order valence-corrected chi connectivity index (χ4v) is 2.63. The standard InChI is InChI=1S/C20H20BrN3O5/c1-28-20(27)13-29-17-8-7-14(11-16(17)21)12-22-24-19(26)10-9-18(25)23-15-5-3-2-4-6-15/h2-8,11-12H,9-10,13H2,1H3,(H,23,25)(H,24,26). The van der Waals surface area contributed by atoms with Crippen LogP contribution >= 0.6 is 15.9 Å². The van der Waals surface area contributed by atoms with E-state index in [2.05, 4.69) is 36.5 Å². The zero-order valence-corrected chi connectivity index (χ0v) is 17.3. The summed E-state index contributed by atoms with van der Waals surface area (Å²) < 4.78 is 10.4. The molecule has 9 heteroatoms. The van der Waals surface area contributed by atoms with Crippen molar-refractivity contribution >= 4 is 45.6 Å². The van der Waals surface area contributed by atoms with Gasteiger partial charge in [-0.3, -0.25) is 9.59 Å². The molecule has 152 valence electrons. The molecule has 0 aliphatic rings. The Morgan fingerprint density at radius 3 is 2.48 bits per heavy atom. The fraction of sp³-hybridized carbons (Fsp3) is 0.200. The topological polar surface area (TPSA) is 106 Å². The lowest BCUT2D eigenvalue weighted by molar-refractivity contribution is -0.142. The van der Waals surface area contributed by atoms with E-state index in [-0.39, 0.29) is 31.3 Å². The highest BCUT2D eigenvalue weighted by Crippen LogP contribution is 2.25. The Morgan fingerprint density at radius 2 is 1.79 bits per heavy atom. The van der Waals surface area contributed by atoms with E-state index in [1.54, 1.807) is 30.3 Å². The van der Waals surface area contributed by atoms with Crippen molar-refractivity contribution in [1.29, 1.82) is 0 Å². The molecule has 2 aromatic carbocycles. The number of halogens is 1. The Hall–Kier alpha value is -3.20. The van der Waals surface area contributed by atoms with E-state index in [1.807, 2.05) is 18.2 Å². The van der Waals surface area contributed by atoms with E-state index in [9.17, 15) is 14.4 Å². The van der Waals surface area contributed by atoms with Gasteiger partial charge in [0.15, 0.2) is 6.61 Å². The monoisotopic (exact) mass is 461 g/mol. The molecule has 2 aromatic rings. The molecule has 0 spiro atoms. The Kier molecular flexibility index (Phi) is 8.84. The number of ether oxygens (including phenoxy) is 2. The summed E-state index contributed by atoms with van der Waals surface area (Å²) in [6.45, 7) is -0.198. The zero-order chi connectivity index (χ0) is 21.1. The molecule has 0 aliphatic carbocycles. The number of carbonyl (C=O) groups is 3. The van der Waals surface area contributed by atoms with Crippen molar-refractivity contribution in [3.05, 3.63) is 58.6 Å². The molecule has 0 atom stereocenters. The summed E-state index contributed by atoms with van der Waals surface area (Å²) in [5, 5.41) is 6.58. The molecule has 0 radical (unpaired) electrons. The molecule has 0 aromatic heterocycles. The first-order valence-electron chi connectivity index (χ1n) is 8.64. The SMILES string of the molecule is COC(=O)COc1ccc(C=NNC(=O)CCC(=O)Nc2ccccc2)cc1Br. The first-order chi connectivity index (χ1) is 14.0. The third kappa shape index (κ3) is 8.14. The quantitative estimate of drug-likeness (QED) is 0.339. The maximum atomic E-state index is 11.8. The van der Waals surface area contributed by atoms with Crippen LogP contribution in [0.2, 0.25) is 0 Å². The highest BCUT2D eigenvalue weighted by molar-refractivity contribution is 9.10. The van der Waals surface area contributed by atoms with E-state index >= 15 is 0 Å². The second-order valence-corrected chi connectivity index (χ2v) is 6.62. The summed E-state index contributed by atoms with van der Waals surface area (Å²) in [6.07, 6.45) is 1.52. The number of hydrazone groups is 1.